The Morgan fingerprint density at radius 1 is 1.20 bits per heavy atom. The Labute approximate surface area is 151 Å². The molecule has 2 N–H and O–H groups in total. The fourth-order valence-corrected chi connectivity index (χ4v) is 3.02. The third-order valence-electron chi connectivity index (χ3n) is 3.86. The van der Waals surface area contributed by atoms with Crippen LogP contribution in [0.1, 0.15) is 5.56 Å². The monoisotopic (exact) mass is 396 g/mol. The van der Waals surface area contributed by atoms with Crippen molar-refractivity contribution in [1.82, 2.24) is 19.7 Å². The normalized spacial score (nSPS) is 11.6. The molecule has 25 heavy (non-hydrogen) atoms. The number of benzene rings is 2. The molecule has 0 aliphatic heterocycles. The Balaban J connectivity index is 1.66. The van der Waals surface area contributed by atoms with Gasteiger partial charge >= 0.3 is 0 Å². The van der Waals surface area contributed by atoms with Gasteiger partial charge in [0.05, 0.1) is 11.7 Å². The zero-order chi connectivity index (χ0) is 17.4. The molecule has 0 radical (unpaired) electrons. The predicted octanol–water partition coefficient (Wildman–Crippen LogP) is 3.43. The summed E-state index contributed by atoms with van der Waals surface area (Å²) in [4.78, 5) is 4.48. The smallest absolute Gasteiger partial charge is 0.265 e. The third kappa shape index (κ3) is 2.80. The number of halogens is 1. The summed E-state index contributed by atoms with van der Waals surface area (Å²) < 4.78 is 2.82. The lowest BCUT2D eigenvalue weighted by Gasteiger charge is -2.01. The summed E-state index contributed by atoms with van der Waals surface area (Å²) >= 11 is 3.35. The summed E-state index contributed by atoms with van der Waals surface area (Å²) in [6.07, 6.45) is 1.50. The Morgan fingerprint density at radius 3 is 2.92 bits per heavy atom. The highest BCUT2D eigenvalue weighted by atomic mass is 79.9. The van der Waals surface area contributed by atoms with Crippen molar-refractivity contribution in [2.24, 2.45) is 12.1 Å². The number of hydrazone groups is 1. The van der Waals surface area contributed by atoms with Gasteiger partial charge in [0.25, 0.3) is 5.95 Å². The minimum atomic E-state index is 0.136. The van der Waals surface area contributed by atoms with Gasteiger partial charge in [-0.25, -0.2) is 5.43 Å². The molecule has 0 saturated heterocycles. The van der Waals surface area contributed by atoms with Crippen molar-refractivity contribution < 1.29 is 5.11 Å². The van der Waals surface area contributed by atoms with Gasteiger partial charge in [0.15, 0.2) is 5.65 Å². The molecule has 0 bridgehead atoms. The van der Waals surface area contributed by atoms with E-state index in [9.17, 15) is 5.11 Å². The lowest BCUT2D eigenvalue weighted by Crippen LogP contribution is -2.00. The lowest BCUT2D eigenvalue weighted by molar-refractivity contribution is 0.474. The van der Waals surface area contributed by atoms with E-state index in [-0.39, 0.29) is 11.7 Å². The van der Waals surface area contributed by atoms with Crippen molar-refractivity contribution in [2.75, 3.05) is 5.43 Å². The molecule has 0 aliphatic rings. The average molecular weight is 397 g/mol. The summed E-state index contributed by atoms with van der Waals surface area (Å²) in [5, 5.41) is 23.2. The molecule has 0 spiro atoms. The Hall–Kier alpha value is -3.00. The van der Waals surface area contributed by atoms with Gasteiger partial charge < -0.3 is 9.67 Å². The maximum absolute atomic E-state index is 9.80. The molecule has 2 heterocycles. The predicted molar refractivity (Wildman–Crippen MR) is 101 cm³/mol. The average Bonchev–Trinajstić information content (AvgIpc) is 2.91. The first-order valence-corrected chi connectivity index (χ1v) is 8.28. The van der Waals surface area contributed by atoms with Gasteiger partial charge in [0, 0.05) is 22.5 Å². The maximum atomic E-state index is 9.80. The van der Waals surface area contributed by atoms with E-state index in [1.807, 2.05) is 35.9 Å². The number of phenols is 1. The topological polar surface area (TPSA) is 88.2 Å². The van der Waals surface area contributed by atoms with Crippen molar-refractivity contribution in [1.29, 1.82) is 0 Å². The van der Waals surface area contributed by atoms with Crippen LogP contribution in [0, 0.1) is 0 Å². The Kier molecular flexibility index (Phi) is 3.81. The van der Waals surface area contributed by atoms with E-state index in [4.69, 9.17) is 0 Å². The van der Waals surface area contributed by atoms with Crippen LogP contribution >= 0.6 is 15.9 Å². The number of fused-ring (bicyclic) bond motifs is 3. The van der Waals surface area contributed by atoms with Crippen molar-refractivity contribution in [2.45, 2.75) is 0 Å². The quantitative estimate of drug-likeness (QED) is 0.409. The molecule has 0 atom stereocenters. The van der Waals surface area contributed by atoms with Crippen LogP contribution in [-0.2, 0) is 7.05 Å². The first kappa shape index (κ1) is 15.5. The number of para-hydroxylation sites is 1. The second kappa shape index (κ2) is 6.14. The standard InChI is InChI=1S/C17H13BrN6O/c1-24-13-5-3-2-4-12(13)15-16(24)20-17(23-21-15)22-19-9-10-8-11(18)6-7-14(10)25/h2-9,25H,1H3,(H,20,22,23)/b19-9+. The molecule has 7 nitrogen and oxygen atoms in total. The van der Waals surface area contributed by atoms with Crippen LogP contribution in [0.25, 0.3) is 22.1 Å². The van der Waals surface area contributed by atoms with Crippen LogP contribution in [0.4, 0.5) is 5.95 Å². The molecule has 124 valence electrons. The molecule has 0 fully saturated rings. The van der Waals surface area contributed by atoms with Crippen molar-refractivity contribution in [3.05, 3.63) is 52.5 Å². The van der Waals surface area contributed by atoms with Gasteiger partial charge in [0.1, 0.15) is 11.3 Å². The van der Waals surface area contributed by atoms with Gasteiger partial charge in [-0.2, -0.15) is 10.1 Å². The van der Waals surface area contributed by atoms with Crippen LogP contribution in [-0.4, -0.2) is 31.1 Å². The molecule has 2 aromatic carbocycles. The molecule has 4 rings (SSSR count). The van der Waals surface area contributed by atoms with Gasteiger partial charge in [-0.1, -0.05) is 34.1 Å². The van der Waals surface area contributed by atoms with Gasteiger partial charge in [0.2, 0.25) is 0 Å². The number of nitrogens with one attached hydrogen (secondary N) is 1. The van der Waals surface area contributed by atoms with E-state index < -0.39 is 0 Å². The highest BCUT2D eigenvalue weighted by Gasteiger charge is 2.11. The molecular formula is C17H13BrN6O. The lowest BCUT2D eigenvalue weighted by atomic mass is 10.2. The van der Waals surface area contributed by atoms with Crippen LogP contribution in [0.15, 0.2) is 52.0 Å². The second-order valence-corrected chi connectivity index (χ2v) is 6.37. The van der Waals surface area contributed by atoms with Crippen molar-refractivity contribution >= 4 is 50.2 Å². The molecule has 0 amide bonds. The number of aromatic nitrogens is 4. The van der Waals surface area contributed by atoms with Gasteiger partial charge in [-0.3, -0.25) is 0 Å². The van der Waals surface area contributed by atoms with Crippen LogP contribution < -0.4 is 5.43 Å². The SMILES string of the molecule is Cn1c2ccccc2c2nnc(N/N=C/c3cc(Br)ccc3O)nc21. The number of aryl methyl sites for hydroxylation is 1. The zero-order valence-corrected chi connectivity index (χ0v) is 14.8. The molecule has 4 aromatic rings. The number of phenolic OH excluding ortho intramolecular Hbond substituents is 1. The molecule has 2 aromatic heterocycles. The maximum Gasteiger partial charge on any atom is 0.265 e. The summed E-state index contributed by atoms with van der Waals surface area (Å²) in [6, 6.07) is 13.0. The van der Waals surface area contributed by atoms with E-state index in [1.54, 1.807) is 18.2 Å². The van der Waals surface area contributed by atoms with Crippen LogP contribution in [0.3, 0.4) is 0 Å². The summed E-state index contributed by atoms with van der Waals surface area (Å²) in [5.74, 6) is 0.418. The number of anilines is 1. The number of hydrogen-bond acceptors (Lipinski definition) is 6. The summed E-state index contributed by atoms with van der Waals surface area (Å²) in [6.45, 7) is 0. The number of aromatic hydroxyl groups is 1. The van der Waals surface area contributed by atoms with Gasteiger partial charge in [-0.15, -0.1) is 10.2 Å². The fraction of sp³-hybridized carbons (Fsp3) is 0.0588. The van der Waals surface area contributed by atoms with Crippen molar-refractivity contribution in [3.63, 3.8) is 0 Å². The van der Waals surface area contributed by atoms with Crippen LogP contribution in [0.2, 0.25) is 0 Å². The fourth-order valence-electron chi connectivity index (χ4n) is 2.64. The number of nitrogens with zero attached hydrogens (tertiary/aromatic N) is 5. The molecular weight excluding hydrogens is 384 g/mol. The van der Waals surface area contributed by atoms with Crippen molar-refractivity contribution in [3.8, 4) is 5.75 Å². The molecule has 8 heteroatoms. The minimum Gasteiger partial charge on any atom is -0.507 e. The largest absolute Gasteiger partial charge is 0.507 e. The second-order valence-electron chi connectivity index (χ2n) is 5.46. The molecule has 0 saturated carbocycles. The first-order chi connectivity index (χ1) is 12.1. The summed E-state index contributed by atoms with van der Waals surface area (Å²) in [7, 11) is 1.94. The Bertz CT molecular complexity index is 1120. The van der Waals surface area contributed by atoms with E-state index in [0.29, 0.717) is 5.56 Å². The van der Waals surface area contributed by atoms with E-state index >= 15 is 0 Å². The zero-order valence-electron chi connectivity index (χ0n) is 13.2. The number of rotatable bonds is 3. The molecule has 0 unspecified atom stereocenters. The highest BCUT2D eigenvalue weighted by Crippen LogP contribution is 2.25. The first-order valence-electron chi connectivity index (χ1n) is 7.49. The van der Waals surface area contributed by atoms with E-state index in [1.165, 1.54) is 6.21 Å². The highest BCUT2D eigenvalue weighted by molar-refractivity contribution is 9.10. The molecule has 0 aliphatic carbocycles. The third-order valence-corrected chi connectivity index (χ3v) is 4.36. The summed E-state index contributed by atoms with van der Waals surface area (Å²) in [5.41, 5.74) is 5.83. The van der Waals surface area contributed by atoms with Crippen LogP contribution in [0.5, 0.6) is 5.75 Å². The van der Waals surface area contributed by atoms with E-state index in [2.05, 4.69) is 41.6 Å². The van der Waals surface area contributed by atoms with E-state index in [0.717, 1.165) is 26.5 Å². The number of hydrogen-bond donors (Lipinski definition) is 2. The Morgan fingerprint density at radius 2 is 2.04 bits per heavy atom. The minimum absolute atomic E-state index is 0.136. The van der Waals surface area contributed by atoms with Gasteiger partial charge in [-0.05, 0) is 24.3 Å².